The molecule has 3 aromatic rings. The van der Waals surface area contributed by atoms with Crippen LogP contribution in [0, 0.1) is 11.3 Å². The minimum Gasteiger partial charge on any atom is -0.406 e. The van der Waals surface area contributed by atoms with Crippen LogP contribution in [0.3, 0.4) is 0 Å². The first kappa shape index (κ1) is 33.1. The summed E-state index contributed by atoms with van der Waals surface area (Å²) in [6.45, 7) is 8.92. The standard InChI is InChI=1S/C33H40F3N7O3/c1-5-6-7-26(21-8-10-23(11-9-21)29(44)37-20-27-39-41-42-40-27)43-30(45)28(22-12-14-25(15-13-22)46-33(34,35)36)38-32(43)18-16-24(17-19-32)31(2,3)4/h8-15,24,26H,5-7,16-20H2,1-4H3,(H,37,44)(H,39,40,41,42)/t24?,26-,32?/m1/s1. The van der Waals surface area contributed by atoms with Gasteiger partial charge in [-0.2, -0.15) is 5.21 Å². The molecule has 2 N–H and O–H groups in total. The topological polar surface area (TPSA) is 125 Å². The summed E-state index contributed by atoms with van der Waals surface area (Å²) in [5, 5.41) is 16.3. The summed E-state index contributed by atoms with van der Waals surface area (Å²) in [4.78, 5) is 34.3. The van der Waals surface area contributed by atoms with E-state index in [0.29, 0.717) is 42.1 Å². The molecule has 1 fully saturated rings. The van der Waals surface area contributed by atoms with Crippen LogP contribution < -0.4 is 10.1 Å². The highest BCUT2D eigenvalue weighted by Gasteiger charge is 2.52. The van der Waals surface area contributed by atoms with E-state index >= 15 is 0 Å². The van der Waals surface area contributed by atoms with Gasteiger partial charge in [-0.3, -0.25) is 14.6 Å². The van der Waals surface area contributed by atoms with Gasteiger partial charge in [0.25, 0.3) is 11.8 Å². The lowest BCUT2D eigenvalue weighted by atomic mass is 9.69. The van der Waals surface area contributed by atoms with Gasteiger partial charge in [0.2, 0.25) is 0 Å². The number of alkyl halides is 3. The minimum atomic E-state index is -4.81. The van der Waals surface area contributed by atoms with Gasteiger partial charge in [-0.05, 0) is 85.4 Å². The zero-order valence-corrected chi connectivity index (χ0v) is 26.5. The highest BCUT2D eigenvalue weighted by molar-refractivity contribution is 6.46. The average Bonchev–Trinajstić information content (AvgIpc) is 3.63. The molecule has 2 aromatic carbocycles. The maximum absolute atomic E-state index is 14.4. The normalized spacial score (nSPS) is 20.9. The Hall–Kier alpha value is -4.29. The Morgan fingerprint density at radius 3 is 2.33 bits per heavy atom. The molecule has 1 aliphatic heterocycles. The number of carbonyl (C=O) groups is 2. The fourth-order valence-corrected chi connectivity index (χ4v) is 6.56. The lowest BCUT2D eigenvalue weighted by molar-refractivity contribution is -0.274. The smallest absolute Gasteiger partial charge is 0.406 e. The molecule has 10 nitrogen and oxygen atoms in total. The van der Waals surface area contributed by atoms with E-state index in [1.807, 2.05) is 17.0 Å². The van der Waals surface area contributed by atoms with Gasteiger partial charge < -0.3 is 15.0 Å². The van der Waals surface area contributed by atoms with Crippen molar-refractivity contribution < 1.29 is 27.5 Å². The number of aromatic amines is 1. The van der Waals surface area contributed by atoms with E-state index in [9.17, 15) is 22.8 Å². The lowest BCUT2D eigenvalue weighted by Gasteiger charge is -2.47. The Morgan fingerprint density at radius 2 is 1.76 bits per heavy atom. The second-order valence-electron chi connectivity index (χ2n) is 13.1. The van der Waals surface area contributed by atoms with Crippen LogP contribution in [-0.4, -0.2) is 55.1 Å². The number of carbonyl (C=O) groups excluding carboxylic acids is 2. The number of nitrogens with one attached hydrogen (secondary N) is 2. The molecule has 13 heteroatoms. The van der Waals surface area contributed by atoms with E-state index in [-0.39, 0.29) is 41.3 Å². The number of H-pyrrole nitrogens is 1. The van der Waals surface area contributed by atoms with Crippen LogP contribution in [0.15, 0.2) is 53.5 Å². The summed E-state index contributed by atoms with van der Waals surface area (Å²) in [5.41, 5.74) is 1.35. The monoisotopic (exact) mass is 639 g/mol. The van der Waals surface area contributed by atoms with Crippen LogP contribution in [0.1, 0.15) is 106 Å². The van der Waals surface area contributed by atoms with Gasteiger partial charge in [-0.25, -0.2) is 0 Å². The number of ether oxygens (including phenoxy) is 1. The summed E-state index contributed by atoms with van der Waals surface area (Å²) in [7, 11) is 0. The van der Waals surface area contributed by atoms with E-state index in [1.54, 1.807) is 12.1 Å². The maximum atomic E-state index is 14.4. The third kappa shape index (κ3) is 7.39. The van der Waals surface area contributed by atoms with Crippen LogP contribution in [0.5, 0.6) is 5.75 Å². The molecule has 0 unspecified atom stereocenters. The molecule has 46 heavy (non-hydrogen) atoms. The van der Waals surface area contributed by atoms with Gasteiger partial charge in [-0.1, -0.05) is 57.9 Å². The molecule has 0 bridgehead atoms. The number of aliphatic imine (C=N–C) groups is 1. The Bertz CT molecular complexity index is 1520. The molecule has 1 atom stereocenters. The van der Waals surface area contributed by atoms with Crippen molar-refractivity contribution in [1.82, 2.24) is 30.8 Å². The number of rotatable bonds is 10. The van der Waals surface area contributed by atoms with Crippen molar-refractivity contribution in [2.45, 2.75) is 97.3 Å². The molecular weight excluding hydrogens is 599 g/mol. The van der Waals surface area contributed by atoms with E-state index in [4.69, 9.17) is 4.99 Å². The minimum absolute atomic E-state index is 0.109. The Labute approximate surface area is 266 Å². The molecule has 1 saturated carbocycles. The van der Waals surface area contributed by atoms with Gasteiger partial charge in [0.15, 0.2) is 5.82 Å². The largest absolute Gasteiger partial charge is 0.573 e. The number of halogens is 3. The second kappa shape index (κ2) is 13.2. The van der Waals surface area contributed by atoms with Crippen molar-refractivity contribution in [3.63, 3.8) is 0 Å². The summed E-state index contributed by atoms with van der Waals surface area (Å²) in [6.07, 6.45) is 0.800. The van der Waals surface area contributed by atoms with Gasteiger partial charge in [0.05, 0.1) is 12.6 Å². The second-order valence-corrected chi connectivity index (χ2v) is 13.1. The van der Waals surface area contributed by atoms with E-state index in [1.165, 1.54) is 24.3 Å². The number of aromatic nitrogens is 4. The number of unbranched alkanes of at least 4 members (excludes halogenated alkanes) is 1. The summed E-state index contributed by atoms with van der Waals surface area (Å²) < 4.78 is 42.4. The number of benzene rings is 2. The molecule has 1 spiro atoms. The maximum Gasteiger partial charge on any atom is 0.573 e. The molecule has 1 aliphatic carbocycles. The molecule has 1 aromatic heterocycles. The van der Waals surface area contributed by atoms with Crippen LogP contribution in [0.2, 0.25) is 0 Å². The average molecular weight is 640 g/mol. The lowest BCUT2D eigenvalue weighted by Crippen LogP contribution is -2.51. The quantitative estimate of drug-likeness (QED) is 0.260. The molecule has 0 radical (unpaired) electrons. The zero-order valence-electron chi connectivity index (χ0n) is 26.5. The Morgan fingerprint density at radius 1 is 1.09 bits per heavy atom. The van der Waals surface area contributed by atoms with Crippen molar-refractivity contribution in [3.8, 4) is 5.75 Å². The number of hydrogen-bond acceptors (Lipinski definition) is 7. The first-order valence-corrected chi connectivity index (χ1v) is 15.7. The molecule has 0 saturated heterocycles. The van der Waals surface area contributed by atoms with Crippen molar-refractivity contribution in [2.75, 3.05) is 0 Å². The number of tetrazole rings is 1. The summed E-state index contributed by atoms with van der Waals surface area (Å²) in [6, 6.07) is 12.3. The summed E-state index contributed by atoms with van der Waals surface area (Å²) in [5.74, 6) is -0.0721. The third-order valence-corrected chi connectivity index (χ3v) is 9.06. The first-order chi connectivity index (χ1) is 21.8. The molecule has 5 rings (SSSR count). The van der Waals surface area contributed by atoms with Crippen LogP contribution in [0.25, 0.3) is 0 Å². The molecule has 2 heterocycles. The van der Waals surface area contributed by atoms with Crippen molar-refractivity contribution >= 4 is 17.5 Å². The fraction of sp³-hybridized carbons (Fsp3) is 0.515. The number of amides is 2. The SMILES string of the molecule is CCCC[C@H](c1ccc(C(=O)NCc2nn[nH]n2)cc1)N1C(=O)C(c2ccc(OC(F)(F)F)cc2)=NC12CCC(C(C)(C)C)CC2. The van der Waals surface area contributed by atoms with E-state index in [0.717, 1.165) is 31.2 Å². The zero-order chi connectivity index (χ0) is 33.1. The van der Waals surface area contributed by atoms with Crippen molar-refractivity contribution in [2.24, 2.45) is 16.3 Å². The summed E-state index contributed by atoms with van der Waals surface area (Å²) >= 11 is 0. The number of hydrogen-bond donors (Lipinski definition) is 2. The predicted octanol–water partition coefficient (Wildman–Crippen LogP) is 6.52. The first-order valence-electron chi connectivity index (χ1n) is 15.7. The fourth-order valence-electron chi connectivity index (χ4n) is 6.56. The van der Waals surface area contributed by atoms with E-state index in [2.05, 4.69) is 58.4 Å². The predicted molar refractivity (Wildman–Crippen MR) is 165 cm³/mol. The highest BCUT2D eigenvalue weighted by Crippen LogP contribution is 2.50. The van der Waals surface area contributed by atoms with Crippen LogP contribution in [-0.2, 0) is 11.3 Å². The van der Waals surface area contributed by atoms with Gasteiger partial charge in [0, 0.05) is 11.1 Å². The third-order valence-electron chi connectivity index (χ3n) is 9.06. The number of nitrogens with zero attached hydrogens (tertiary/aromatic N) is 5. The molecule has 2 aliphatic rings. The van der Waals surface area contributed by atoms with E-state index < -0.39 is 12.0 Å². The van der Waals surface area contributed by atoms with Gasteiger partial charge in [0.1, 0.15) is 17.1 Å². The molecule has 2 amide bonds. The molecule has 246 valence electrons. The van der Waals surface area contributed by atoms with Crippen molar-refractivity contribution in [3.05, 3.63) is 71.0 Å². The van der Waals surface area contributed by atoms with Crippen molar-refractivity contribution in [1.29, 1.82) is 0 Å². The van der Waals surface area contributed by atoms with Gasteiger partial charge in [-0.15, -0.1) is 23.4 Å². The van der Waals surface area contributed by atoms with Crippen LogP contribution in [0.4, 0.5) is 13.2 Å². The van der Waals surface area contributed by atoms with Crippen LogP contribution >= 0.6 is 0 Å². The Kier molecular flexibility index (Phi) is 9.50. The Balaban J connectivity index is 1.46. The highest BCUT2D eigenvalue weighted by atomic mass is 19.4. The molecular formula is C33H40F3N7O3. The van der Waals surface area contributed by atoms with Gasteiger partial charge >= 0.3 is 6.36 Å².